The second kappa shape index (κ2) is 5.72. The van der Waals surface area contributed by atoms with Gasteiger partial charge in [-0.15, -0.1) is 0 Å². The summed E-state index contributed by atoms with van der Waals surface area (Å²) in [6.07, 6.45) is 0. The summed E-state index contributed by atoms with van der Waals surface area (Å²) >= 11 is 0. The molecule has 0 spiro atoms. The van der Waals surface area contributed by atoms with Crippen LogP contribution in [0.3, 0.4) is 0 Å². The van der Waals surface area contributed by atoms with Gasteiger partial charge in [-0.1, -0.05) is 30.3 Å². The Bertz CT molecular complexity index is 421. The first kappa shape index (κ1) is 15.7. The van der Waals surface area contributed by atoms with Crippen LogP contribution >= 0.6 is 0 Å². The van der Waals surface area contributed by atoms with Crippen molar-refractivity contribution in [3.8, 4) is 0 Å². The Morgan fingerprint density at radius 2 is 1.74 bits per heavy atom. The van der Waals surface area contributed by atoms with Gasteiger partial charge in [0.15, 0.2) is 0 Å². The molecule has 1 unspecified atom stereocenters. The van der Waals surface area contributed by atoms with E-state index in [9.17, 15) is 15.0 Å². The summed E-state index contributed by atoms with van der Waals surface area (Å²) < 4.78 is 0. The SMILES string of the molecule is CC(C)(O)C(C)(C)NCC(C(=O)O)c1ccccc1. The third-order valence-corrected chi connectivity index (χ3v) is 3.78. The third kappa shape index (κ3) is 4.04. The van der Waals surface area contributed by atoms with E-state index in [1.54, 1.807) is 26.0 Å². The van der Waals surface area contributed by atoms with E-state index < -0.39 is 23.0 Å². The Labute approximate surface area is 114 Å². The van der Waals surface area contributed by atoms with Crippen LogP contribution in [0.4, 0.5) is 0 Å². The number of hydrogen-bond donors (Lipinski definition) is 3. The molecule has 0 heterocycles. The smallest absolute Gasteiger partial charge is 0.312 e. The van der Waals surface area contributed by atoms with Crippen molar-refractivity contribution >= 4 is 5.97 Å². The summed E-state index contributed by atoms with van der Waals surface area (Å²) in [5.41, 5.74) is -0.753. The first-order chi connectivity index (χ1) is 8.65. The lowest BCUT2D eigenvalue weighted by molar-refractivity contribution is -0.139. The molecule has 4 heteroatoms. The number of carbonyl (C=O) groups is 1. The van der Waals surface area contributed by atoms with Gasteiger partial charge in [-0.3, -0.25) is 4.79 Å². The van der Waals surface area contributed by atoms with E-state index in [0.717, 1.165) is 5.56 Å². The number of carboxylic acid groups (broad SMARTS) is 1. The quantitative estimate of drug-likeness (QED) is 0.735. The first-order valence-corrected chi connectivity index (χ1v) is 6.40. The van der Waals surface area contributed by atoms with Gasteiger partial charge >= 0.3 is 5.97 Å². The van der Waals surface area contributed by atoms with Gasteiger partial charge in [0.05, 0.1) is 11.5 Å². The molecule has 0 aromatic heterocycles. The minimum Gasteiger partial charge on any atom is -0.481 e. The van der Waals surface area contributed by atoms with E-state index in [2.05, 4.69) is 5.32 Å². The maximum atomic E-state index is 11.4. The maximum Gasteiger partial charge on any atom is 0.312 e. The number of nitrogens with one attached hydrogen (secondary N) is 1. The molecule has 1 aromatic rings. The third-order valence-electron chi connectivity index (χ3n) is 3.78. The predicted octanol–water partition coefficient (Wildman–Crippen LogP) is 1.99. The average molecular weight is 265 g/mol. The number of benzene rings is 1. The molecule has 1 rings (SSSR count). The van der Waals surface area contributed by atoms with Crippen LogP contribution in [0.1, 0.15) is 39.2 Å². The first-order valence-electron chi connectivity index (χ1n) is 6.40. The highest BCUT2D eigenvalue weighted by Crippen LogP contribution is 2.22. The van der Waals surface area contributed by atoms with Crippen molar-refractivity contribution in [2.75, 3.05) is 6.54 Å². The van der Waals surface area contributed by atoms with Gasteiger partial charge in [-0.05, 0) is 33.3 Å². The van der Waals surface area contributed by atoms with E-state index >= 15 is 0 Å². The van der Waals surface area contributed by atoms with E-state index in [0.29, 0.717) is 0 Å². The molecule has 106 valence electrons. The highest BCUT2D eigenvalue weighted by molar-refractivity contribution is 5.76. The van der Waals surface area contributed by atoms with Crippen LogP contribution in [0.5, 0.6) is 0 Å². The van der Waals surface area contributed by atoms with Crippen LogP contribution in [0, 0.1) is 0 Å². The largest absolute Gasteiger partial charge is 0.481 e. The van der Waals surface area contributed by atoms with E-state index in [-0.39, 0.29) is 6.54 Å². The van der Waals surface area contributed by atoms with Gasteiger partial charge in [0.25, 0.3) is 0 Å². The van der Waals surface area contributed by atoms with Gasteiger partial charge in [0.2, 0.25) is 0 Å². The van der Waals surface area contributed by atoms with Crippen LogP contribution < -0.4 is 5.32 Å². The van der Waals surface area contributed by atoms with Gasteiger partial charge in [0, 0.05) is 12.1 Å². The van der Waals surface area contributed by atoms with Crippen molar-refractivity contribution in [1.82, 2.24) is 5.32 Å². The number of aliphatic hydroxyl groups is 1. The summed E-state index contributed by atoms with van der Waals surface area (Å²) in [5.74, 6) is -1.49. The molecule has 0 aliphatic heterocycles. The summed E-state index contributed by atoms with van der Waals surface area (Å²) in [6.45, 7) is 7.40. The number of hydrogen-bond acceptors (Lipinski definition) is 3. The molecular weight excluding hydrogens is 242 g/mol. The highest BCUT2D eigenvalue weighted by Gasteiger charge is 2.35. The van der Waals surface area contributed by atoms with Crippen molar-refractivity contribution in [3.63, 3.8) is 0 Å². The number of aliphatic carboxylic acids is 1. The van der Waals surface area contributed by atoms with Gasteiger partial charge in [-0.25, -0.2) is 0 Å². The molecule has 0 fully saturated rings. The monoisotopic (exact) mass is 265 g/mol. The molecule has 0 bridgehead atoms. The zero-order chi connectivity index (χ0) is 14.7. The Morgan fingerprint density at radius 1 is 1.21 bits per heavy atom. The van der Waals surface area contributed by atoms with Crippen molar-refractivity contribution in [2.45, 2.75) is 44.8 Å². The second-order valence-electron chi connectivity index (χ2n) is 5.87. The van der Waals surface area contributed by atoms with Crippen LogP contribution in [0.25, 0.3) is 0 Å². The molecular formula is C15H23NO3. The molecule has 0 radical (unpaired) electrons. The molecule has 1 aromatic carbocycles. The van der Waals surface area contributed by atoms with Gasteiger partial charge in [-0.2, -0.15) is 0 Å². The molecule has 0 aliphatic carbocycles. The molecule has 4 nitrogen and oxygen atoms in total. The lowest BCUT2D eigenvalue weighted by atomic mass is 9.85. The van der Waals surface area contributed by atoms with Crippen LogP contribution in [-0.2, 0) is 4.79 Å². The van der Waals surface area contributed by atoms with E-state index in [4.69, 9.17) is 0 Å². The molecule has 0 aliphatic rings. The minimum absolute atomic E-state index is 0.274. The lowest BCUT2D eigenvalue weighted by Gasteiger charge is -2.39. The van der Waals surface area contributed by atoms with E-state index in [1.165, 1.54) is 0 Å². The molecule has 0 saturated heterocycles. The molecule has 1 atom stereocenters. The fourth-order valence-electron chi connectivity index (χ4n) is 1.61. The van der Waals surface area contributed by atoms with Crippen molar-refractivity contribution in [1.29, 1.82) is 0 Å². The second-order valence-corrected chi connectivity index (χ2v) is 5.87. The van der Waals surface area contributed by atoms with Crippen LogP contribution in [0.15, 0.2) is 30.3 Å². The predicted molar refractivity (Wildman–Crippen MR) is 75.2 cm³/mol. The zero-order valence-electron chi connectivity index (χ0n) is 12.0. The fourth-order valence-corrected chi connectivity index (χ4v) is 1.61. The number of rotatable bonds is 6. The summed E-state index contributed by atoms with van der Waals surface area (Å²) in [7, 11) is 0. The molecule has 3 N–H and O–H groups in total. The Hall–Kier alpha value is -1.39. The zero-order valence-corrected chi connectivity index (χ0v) is 12.0. The van der Waals surface area contributed by atoms with Gasteiger partial charge < -0.3 is 15.5 Å². The number of carboxylic acids is 1. The Balaban J connectivity index is 2.80. The Morgan fingerprint density at radius 3 is 2.16 bits per heavy atom. The van der Waals surface area contributed by atoms with Crippen molar-refractivity contribution in [2.24, 2.45) is 0 Å². The summed E-state index contributed by atoms with van der Waals surface area (Å²) in [5, 5.41) is 22.5. The Kier molecular flexibility index (Phi) is 4.71. The van der Waals surface area contributed by atoms with Crippen LogP contribution in [0.2, 0.25) is 0 Å². The summed E-state index contributed by atoms with van der Waals surface area (Å²) in [4.78, 5) is 11.4. The fraction of sp³-hybridized carbons (Fsp3) is 0.533. The maximum absolute atomic E-state index is 11.4. The topological polar surface area (TPSA) is 69.6 Å². The average Bonchev–Trinajstić information content (AvgIpc) is 2.28. The summed E-state index contributed by atoms with van der Waals surface area (Å²) in [6, 6.07) is 9.12. The van der Waals surface area contributed by atoms with E-state index in [1.807, 2.05) is 32.0 Å². The standard InChI is InChI=1S/C15H23NO3/c1-14(2,15(3,4)19)16-10-12(13(17)18)11-8-6-5-7-9-11/h5-9,12,16,19H,10H2,1-4H3,(H,17,18). The highest BCUT2D eigenvalue weighted by atomic mass is 16.4. The molecule has 0 amide bonds. The lowest BCUT2D eigenvalue weighted by Crippen LogP contribution is -2.57. The van der Waals surface area contributed by atoms with Crippen LogP contribution in [-0.4, -0.2) is 33.9 Å². The molecule has 0 saturated carbocycles. The minimum atomic E-state index is -0.938. The molecule has 19 heavy (non-hydrogen) atoms. The normalized spacial score (nSPS) is 14.2. The van der Waals surface area contributed by atoms with Crippen molar-refractivity contribution in [3.05, 3.63) is 35.9 Å². The van der Waals surface area contributed by atoms with Crippen molar-refractivity contribution < 1.29 is 15.0 Å². The van der Waals surface area contributed by atoms with Gasteiger partial charge in [0.1, 0.15) is 0 Å².